The highest BCUT2D eigenvalue weighted by atomic mass is 35.5. The third-order valence-electron chi connectivity index (χ3n) is 5.69. The lowest BCUT2D eigenvalue weighted by Crippen LogP contribution is -2.54. The Morgan fingerprint density at radius 2 is 1.54 bits per heavy atom. The van der Waals surface area contributed by atoms with Crippen LogP contribution in [0.4, 0.5) is 10.5 Å². The maximum Gasteiger partial charge on any atom is 0.336 e. The zero-order chi connectivity index (χ0) is 24.7. The zero-order valence-corrected chi connectivity index (χ0v) is 20.2. The lowest BCUT2D eigenvalue weighted by Gasteiger charge is -2.27. The number of nitrogens with zero attached hydrogens (tertiary/aromatic N) is 2. The highest BCUT2D eigenvalue weighted by molar-refractivity contribution is 6.46. The molecule has 3 aromatic carbocycles. The first-order chi connectivity index (χ1) is 16.8. The second-order valence-electron chi connectivity index (χ2n) is 7.85. The molecular weight excluding hydrogens is 509 g/mol. The molecule has 0 radical (unpaired) electrons. The van der Waals surface area contributed by atoms with E-state index in [0.717, 1.165) is 21.4 Å². The Balaban J connectivity index is 1.59. The van der Waals surface area contributed by atoms with E-state index in [9.17, 15) is 14.4 Å². The van der Waals surface area contributed by atoms with Crippen LogP contribution in [0.1, 0.15) is 11.1 Å². The minimum absolute atomic E-state index is 0.0303. The van der Waals surface area contributed by atoms with E-state index < -0.39 is 17.8 Å². The van der Waals surface area contributed by atoms with Crippen molar-refractivity contribution in [3.05, 3.63) is 105 Å². The number of benzene rings is 3. The number of amides is 4. The van der Waals surface area contributed by atoms with Gasteiger partial charge in [-0.05, 0) is 35.9 Å². The van der Waals surface area contributed by atoms with Crippen molar-refractivity contribution in [2.75, 3.05) is 4.90 Å². The Kier molecular flexibility index (Phi) is 6.11. The van der Waals surface area contributed by atoms with Gasteiger partial charge in [-0.3, -0.25) is 14.9 Å². The van der Waals surface area contributed by atoms with E-state index >= 15 is 0 Å². The summed E-state index contributed by atoms with van der Waals surface area (Å²) in [5.74, 6) is -1.59. The van der Waals surface area contributed by atoms with Gasteiger partial charge in [0.05, 0.1) is 15.7 Å². The van der Waals surface area contributed by atoms with Crippen LogP contribution in [0.15, 0.2) is 78.5 Å². The lowest BCUT2D eigenvalue weighted by molar-refractivity contribution is -0.122. The fourth-order valence-corrected chi connectivity index (χ4v) is 4.60. The number of anilines is 1. The Morgan fingerprint density at radius 1 is 0.829 bits per heavy atom. The number of imide groups is 2. The van der Waals surface area contributed by atoms with Crippen LogP contribution in [0.25, 0.3) is 17.0 Å². The number of hydrogen-bond donors (Lipinski definition) is 1. The van der Waals surface area contributed by atoms with Crippen LogP contribution in [0, 0.1) is 0 Å². The monoisotopic (exact) mass is 523 g/mol. The van der Waals surface area contributed by atoms with E-state index in [0.29, 0.717) is 17.1 Å². The van der Waals surface area contributed by atoms with E-state index in [-0.39, 0.29) is 21.3 Å². The number of hydrogen-bond acceptors (Lipinski definition) is 3. The number of carbonyl (C=O) groups is 3. The van der Waals surface area contributed by atoms with E-state index in [2.05, 4.69) is 5.32 Å². The van der Waals surface area contributed by atoms with Gasteiger partial charge in [0, 0.05) is 34.2 Å². The van der Waals surface area contributed by atoms with Crippen molar-refractivity contribution in [1.82, 2.24) is 9.88 Å². The van der Waals surface area contributed by atoms with Gasteiger partial charge >= 0.3 is 6.03 Å². The third-order valence-corrected chi connectivity index (χ3v) is 6.87. The van der Waals surface area contributed by atoms with Crippen molar-refractivity contribution in [1.29, 1.82) is 0 Å². The topological polar surface area (TPSA) is 71.4 Å². The quantitative estimate of drug-likeness (QED) is 0.251. The summed E-state index contributed by atoms with van der Waals surface area (Å²) in [5, 5.41) is 3.89. The largest absolute Gasteiger partial charge is 0.342 e. The normalized spacial score (nSPS) is 15.2. The van der Waals surface area contributed by atoms with Gasteiger partial charge in [-0.15, -0.1) is 0 Å². The number of carbonyl (C=O) groups excluding carboxylic acids is 3. The van der Waals surface area contributed by atoms with Crippen LogP contribution in [0.3, 0.4) is 0 Å². The summed E-state index contributed by atoms with van der Waals surface area (Å²) in [7, 11) is 0. The van der Waals surface area contributed by atoms with Gasteiger partial charge < -0.3 is 4.57 Å². The highest BCUT2D eigenvalue weighted by Crippen LogP contribution is 2.35. The number of aromatic nitrogens is 1. The summed E-state index contributed by atoms with van der Waals surface area (Å²) >= 11 is 18.7. The predicted octanol–water partition coefficient (Wildman–Crippen LogP) is 6.32. The zero-order valence-electron chi connectivity index (χ0n) is 18.0. The molecular formula is C26H16Cl3N3O3. The van der Waals surface area contributed by atoms with Crippen molar-refractivity contribution in [3.8, 4) is 0 Å². The molecule has 0 spiro atoms. The van der Waals surface area contributed by atoms with Crippen molar-refractivity contribution in [2.24, 2.45) is 0 Å². The number of nitrogens with one attached hydrogen (secondary N) is 1. The molecule has 0 saturated carbocycles. The summed E-state index contributed by atoms with van der Waals surface area (Å²) in [6, 6.07) is 18.8. The van der Waals surface area contributed by atoms with Crippen LogP contribution in [0.2, 0.25) is 15.1 Å². The van der Waals surface area contributed by atoms with Gasteiger partial charge in [-0.25, -0.2) is 9.69 Å². The molecule has 0 unspecified atom stereocenters. The molecule has 1 fully saturated rings. The summed E-state index contributed by atoms with van der Waals surface area (Å²) < 4.78 is 1.99. The molecule has 174 valence electrons. The number of para-hydroxylation sites is 1. The number of fused-ring (bicyclic) bond motifs is 1. The van der Waals surface area contributed by atoms with Gasteiger partial charge in [-0.2, -0.15) is 0 Å². The fourth-order valence-electron chi connectivity index (χ4n) is 4.03. The minimum atomic E-state index is -0.900. The lowest BCUT2D eigenvalue weighted by atomic mass is 10.1. The molecule has 1 aliphatic rings. The first-order valence-corrected chi connectivity index (χ1v) is 11.7. The molecule has 0 bridgehead atoms. The third kappa shape index (κ3) is 4.21. The molecule has 1 aromatic heterocycles. The number of barbiturate groups is 1. The molecule has 5 rings (SSSR count). The Labute approximate surface area is 215 Å². The minimum Gasteiger partial charge on any atom is -0.342 e. The van der Waals surface area contributed by atoms with Crippen molar-refractivity contribution >= 4 is 75.3 Å². The Bertz CT molecular complexity index is 1560. The van der Waals surface area contributed by atoms with Crippen LogP contribution >= 0.6 is 34.8 Å². The van der Waals surface area contributed by atoms with Gasteiger partial charge in [-0.1, -0.05) is 77.3 Å². The molecule has 2 heterocycles. The maximum absolute atomic E-state index is 13.3. The van der Waals surface area contributed by atoms with Crippen LogP contribution in [-0.4, -0.2) is 22.4 Å². The molecule has 1 N–H and O–H groups in total. The van der Waals surface area contributed by atoms with Crippen molar-refractivity contribution in [3.63, 3.8) is 0 Å². The van der Waals surface area contributed by atoms with Gasteiger partial charge in [0.1, 0.15) is 5.57 Å². The molecule has 4 aromatic rings. The molecule has 6 nitrogen and oxygen atoms in total. The van der Waals surface area contributed by atoms with Crippen LogP contribution < -0.4 is 10.2 Å². The van der Waals surface area contributed by atoms with Crippen LogP contribution in [0.5, 0.6) is 0 Å². The smallest absolute Gasteiger partial charge is 0.336 e. The van der Waals surface area contributed by atoms with E-state index in [1.807, 2.05) is 59.3 Å². The molecule has 1 saturated heterocycles. The predicted molar refractivity (Wildman–Crippen MR) is 138 cm³/mol. The number of rotatable bonds is 4. The second kappa shape index (κ2) is 9.23. The second-order valence-corrected chi connectivity index (χ2v) is 9.04. The molecule has 4 amide bonds. The molecule has 0 aliphatic carbocycles. The van der Waals surface area contributed by atoms with E-state index in [1.54, 1.807) is 6.07 Å². The first-order valence-electron chi connectivity index (χ1n) is 10.5. The Hall–Kier alpha value is -3.58. The highest BCUT2D eigenvalue weighted by Gasteiger charge is 2.38. The average Bonchev–Trinajstić information content (AvgIpc) is 3.18. The summed E-state index contributed by atoms with van der Waals surface area (Å²) in [6.07, 6.45) is 3.32. The molecule has 35 heavy (non-hydrogen) atoms. The fraction of sp³-hybridized carbons (Fsp3) is 0.0385. The van der Waals surface area contributed by atoms with Gasteiger partial charge in [0.25, 0.3) is 11.8 Å². The van der Waals surface area contributed by atoms with E-state index in [1.165, 1.54) is 18.2 Å². The van der Waals surface area contributed by atoms with Gasteiger partial charge in [0.2, 0.25) is 0 Å². The Morgan fingerprint density at radius 3 is 2.34 bits per heavy atom. The van der Waals surface area contributed by atoms with Crippen molar-refractivity contribution in [2.45, 2.75) is 6.54 Å². The van der Waals surface area contributed by atoms with Gasteiger partial charge in [0.15, 0.2) is 0 Å². The summed E-state index contributed by atoms with van der Waals surface area (Å²) in [5.41, 5.74) is 2.34. The maximum atomic E-state index is 13.3. The summed E-state index contributed by atoms with van der Waals surface area (Å²) in [6.45, 7) is 0.492. The van der Waals surface area contributed by atoms with Crippen molar-refractivity contribution < 1.29 is 14.4 Å². The first kappa shape index (κ1) is 23.2. The average molecular weight is 525 g/mol. The van der Waals surface area contributed by atoms with E-state index in [4.69, 9.17) is 34.8 Å². The summed E-state index contributed by atoms with van der Waals surface area (Å²) in [4.78, 5) is 39.4. The molecule has 0 atom stereocenters. The number of halogens is 3. The number of urea groups is 1. The molecule has 9 heteroatoms. The van der Waals surface area contributed by atoms with Crippen LogP contribution in [-0.2, 0) is 16.1 Å². The molecule has 1 aliphatic heterocycles. The SMILES string of the molecule is O=C1NC(=O)N(c2cccc(Cl)c2Cl)C(=O)/C1=C/c1cn(Cc2ccccc2Cl)c2ccccc12. The standard InChI is InChI=1S/C26H16Cl3N3O3/c27-19-8-3-1-6-15(19)13-31-14-16(17-7-2-4-10-21(17)31)12-18-24(33)30-26(35)32(25(18)34)22-11-5-9-20(28)23(22)29/h1-12,14H,13H2,(H,30,33,35)/b18-12+.